The number of fused-ring (bicyclic) bond motifs is 2. The lowest BCUT2D eigenvalue weighted by molar-refractivity contribution is 0.0859. The number of piperazine rings is 1. The van der Waals surface area contributed by atoms with Crippen molar-refractivity contribution in [2.75, 3.05) is 31.5 Å². The topological polar surface area (TPSA) is 53.4 Å². The van der Waals surface area contributed by atoms with Gasteiger partial charge in [0.2, 0.25) is 0 Å². The summed E-state index contributed by atoms with van der Waals surface area (Å²) >= 11 is 0. The van der Waals surface area contributed by atoms with E-state index in [-0.39, 0.29) is 6.03 Å². The Balaban J connectivity index is 1.15. The van der Waals surface area contributed by atoms with Crippen molar-refractivity contribution in [2.24, 2.45) is 11.8 Å². The first kappa shape index (κ1) is 16.8. The van der Waals surface area contributed by atoms with Crippen LogP contribution in [0.1, 0.15) is 25.7 Å². The van der Waals surface area contributed by atoms with Crippen molar-refractivity contribution in [2.45, 2.75) is 31.7 Å². The van der Waals surface area contributed by atoms with Crippen molar-refractivity contribution < 1.29 is 4.79 Å². The number of carbonyl (C=O) groups excluding carboxylic acids is 1. The van der Waals surface area contributed by atoms with E-state index in [1.807, 2.05) is 47.5 Å². The summed E-state index contributed by atoms with van der Waals surface area (Å²) in [5.74, 6) is 2.48. The molecule has 1 aromatic heterocycles. The van der Waals surface area contributed by atoms with Gasteiger partial charge in [-0.15, -0.1) is 5.10 Å². The van der Waals surface area contributed by atoms with Gasteiger partial charge in [0.25, 0.3) is 0 Å². The fraction of sp³-hybridized carbons (Fsp3) is 0.524. The van der Waals surface area contributed by atoms with Gasteiger partial charge >= 0.3 is 6.03 Å². The highest BCUT2D eigenvalue weighted by Gasteiger charge is 2.42. The predicted molar refractivity (Wildman–Crippen MR) is 105 cm³/mol. The zero-order valence-electron chi connectivity index (χ0n) is 15.6. The summed E-state index contributed by atoms with van der Waals surface area (Å²) in [6.07, 6.45) is 7.56. The van der Waals surface area contributed by atoms with Gasteiger partial charge in [-0.1, -0.05) is 24.6 Å². The van der Waals surface area contributed by atoms with Gasteiger partial charge in [0, 0.05) is 44.5 Å². The number of aromatic nitrogens is 2. The second-order valence-corrected chi connectivity index (χ2v) is 8.18. The van der Waals surface area contributed by atoms with Crippen LogP contribution in [0.25, 0.3) is 5.69 Å². The van der Waals surface area contributed by atoms with Crippen LogP contribution in [0.3, 0.4) is 0 Å². The van der Waals surface area contributed by atoms with Crippen LogP contribution in [0.15, 0.2) is 42.6 Å². The molecular formula is C21H27N5O. The van der Waals surface area contributed by atoms with Gasteiger partial charge in [-0.3, -0.25) is 10.2 Å². The third-order valence-electron chi connectivity index (χ3n) is 6.62. The maximum absolute atomic E-state index is 12.6. The molecule has 2 amide bonds. The standard InChI is InChI=1S/C21H27N5O/c27-21(22-20-8-9-26(23-20)18-4-2-1-3-5-18)25-12-10-24(11-13-25)19-15-16-6-7-17(19)14-16/h1-5,8-9,16-17,19H,6-7,10-15H2,(H,22,23,27). The first-order valence-electron chi connectivity index (χ1n) is 10.2. The summed E-state index contributed by atoms with van der Waals surface area (Å²) in [4.78, 5) is 17.2. The number of hydrogen-bond donors (Lipinski definition) is 1. The molecular weight excluding hydrogens is 338 g/mol. The number of benzene rings is 1. The average Bonchev–Trinajstić information content (AvgIpc) is 3.46. The summed E-state index contributed by atoms with van der Waals surface area (Å²) in [6, 6.07) is 12.5. The van der Waals surface area contributed by atoms with E-state index in [9.17, 15) is 4.79 Å². The zero-order valence-corrected chi connectivity index (χ0v) is 15.6. The van der Waals surface area contributed by atoms with Crippen LogP contribution in [-0.4, -0.2) is 57.8 Å². The molecule has 2 saturated carbocycles. The summed E-state index contributed by atoms with van der Waals surface area (Å²) in [6.45, 7) is 3.61. The van der Waals surface area contributed by atoms with Crippen molar-refractivity contribution in [3.63, 3.8) is 0 Å². The number of amides is 2. The Hall–Kier alpha value is -2.34. The van der Waals surface area contributed by atoms with Gasteiger partial charge in [0.1, 0.15) is 0 Å². The average molecular weight is 365 g/mol. The molecule has 2 aliphatic carbocycles. The van der Waals surface area contributed by atoms with Crippen LogP contribution in [0, 0.1) is 11.8 Å². The number of anilines is 1. The van der Waals surface area contributed by atoms with Gasteiger partial charge in [0.05, 0.1) is 5.69 Å². The van der Waals surface area contributed by atoms with Gasteiger partial charge in [-0.25, -0.2) is 9.48 Å². The van der Waals surface area contributed by atoms with Crippen LogP contribution in [0.2, 0.25) is 0 Å². The lowest BCUT2D eigenvalue weighted by Crippen LogP contribution is -2.54. The molecule has 2 heterocycles. The minimum Gasteiger partial charge on any atom is -0.322 e. The molecule has 6 nitrogen and oxygen atoms in total. The highest BCUT2D eigenvalue weighted by atomic mass is 16.2. The van der Waals surface area contributed by atoms with Crippen molar-refractivity contribution in [1.29, 1.82) is 0 Å². The Morgan fingerprint density at radius 3 is 2.52 bits per heavy atom. The zero-order chi connectivity index (χ0) is 18.2. The third kappa shape index (κ3) is 3.34. The molecule has 3 unspecified atom stereocenters. The molecule has 2 bridgehead atoms. The number of para-hydroxylation sites is 1. The van der Waals surface area contributed by atoms with Crippen LogP contribution >= 0.6 is 0 Å². The molecule has 142 valence electrons. The number of rotatable bonds is 3. The summed E-state index contributed by atoms with van der Waals surface area (Å²) < 4.78 is 1.78. The van der Waals surface area contributed by atoms with Gasteiger partial charge in [-0.05, 0) is 43.2 Å². The van der Waals surface area contributed by atoms with Crippen LogP contribution < -0.4 is 5.32 Å². The highest BCUT2D eigenvalue weighted by molar-refractivity contribution is 5.88. The quantitative estimate of drug-likeness (QED) is 0.909. The normalized spacial score (nSPS) is 27.9. The minimum absolute atomic E-state index is 0.0408. The summed E-state index contributed by atoms with van der Waals surface area (Å²) in [5.41, 5.74) is 0.984. The molecule has 3 atom stereocenters. The SMILES string of the molecule is O=C(Nc1ccn(-c2ccccc2)n1)N1CCN(C2CC3CCC2C3)CC1. The summed E-state index contributed by atoms with van der Waals surface area (Å²) in [7, 11) is 0. The molecule has 0 radical (unpaired) electrons. The second-order valence-electron chi connectivity index (χ2n) is 8.18. The van der Waals surface area contributed by atoms with E-state index >= 15 is 0 Å². The maximum atomic E-state index is 12.6. The number of nitrogens with one attached hydrogen (secondary N) is 1. The van der Waals surface area contributed by atoms with Crippen molar-refractivity contribution in [3.8, 4) is 5.69 Å². The fourth-order valence-corrected chi connectivity index (χ4v) is 5.22. The number of hydrogen-bond acceptors (Lipinski definition) is 3. The van der Waals surface area contributed by atoms with Crippen molar-refractivity contribution >= 4 is 11.8 Å². The summed E-state index contributed by atoms with van der Waals surface area (Å²) in [5, 5.41) is 7.42. The predicted octanol–water partition coefficient (Wildman–Crippen LogP) is 3.21. The molecule has 27 heavy (non-hydrogen) atoms. The molecule has 1 aliphatic heterocycles. The number of nitrogens with zero attached hydrogens (tertiary/aromatic N) is 4. The first-order valence-corrected chi connectivity index (χ1v) is 10.2. The van der Waals surface area contributed by atoms with Crippen molar-refractivity contribution in [1.82, 2.24) is 19.6 Å². The molecule has 3 aliphatic rings. The van der Waals surface area contributed by atoms with Gasteiger partial charge in [0.15, 0.2) is 5.82 Å². The van der Waals surface area contributed by atoms with E-state index in [0.717, 1.165) is 49.7 Å². The number of urea groups is 1. The molecule has 1 saturated heterocycles. The molecule has 0 spiro atoms. The van der Waals surface area contributed by atoms with E-state index < -0.39 is 0 Å². The smallest absolute Gasteiger partial charge is 0.322 e. The van der Waals surface area contributed by atoms with E-state index in [1.54, 1.807) is 4.68 Å². The molecule has 6 heteroatoms. The van der Waals surface area contributed by atoms with E-state index in [4.69, 9.17) is 0 Å². The molecule has 5 rings (SSSR count). The van der Waals surface area contributed by atoms with Gasteiger partial charge in [-0.2, -0.15) is 0 Å². The Bertz CT molecular complexity index is 796. The lowest BCUT2D eigenvalue weighted by atomic mass is 9.93. The Morgan fingerprint density at radius 1 is 1.00 bits per heavy atom. The second kappa shape index (κ2) is 7.00. The van der Waals surface area contributed by atoms with Crippen molar-refractivity contribution in [3.05, 3.63) is 42.6 Å². The maximum Gasteiger partial charge on any atom is 0.323 e. The molecule has 1 N–H and O–H groups in total. The van der Waals surface area contributed by atoms with Crippen LogP contribution in [0.4, 0.5) is 10.6 Å². The van der Waals surface area contributed by atoms with Crippen LogP contribution in [-0.2, 0) is 0 Å². The first-order chi connectivity index (χ1) is 13.3. The third-order valence-corrected chi connectivity index (χ3v) is 6.62. The Labute approximate surface area is 160 Å². The largest absolute Gasteiger partial charge is 0.323 e. The molecule has 1 aromatic carbocycles. The monoisotopic (exact) mass is 365 g/mol. The Kier molecular flexibility index (Phi) is 4.36. The Morgan fingerprint density at radius 2 is 1.81 bits per heavy atom. The molecule has 3 fully saturated rings. The minimum atomic E-state index is -0.0408. The lowest BCUT2D eigenvalue weighted by Gasteiger charge is -2.40. The van der Waals surface area contributed by atoms with Crippen LogP contribution in [0.5, 0.6) is 0 Å². The van der Waals surface area contributed by atoms with E-state index in [0.29, 0.717) is 5.82 Å². The highest BCUT2D eigenvalue weighted by Crippen LogP contribution is 2.46. The van der Waals surface area contributed by atoms with E-state index in [2.05, 4.69) is 15.3 Å². The molecule has 2 aromatic rings. The van der Waals surface area contributed by atoms with E-state index in [1.165, 1.54) is 25.7 Å². The van der Waals surface area contributed by atoms with Gasteiger partial charge < -0.3 is 4.90 Å². The number of carbonyl (C=O) groups is 1. The fourth-order valence-electron chi connectivity index (χ4n) is 5.22.